The maximum Gasteiger partial charge on any atom is 0.534 e. The number of nitrogens with zero attached hydrogens (tertiary/aromatic N) is 1. The van der Waals surface area contributed by atoms with E-state index in [1.807, 2.05) is 0 Å². The van der Waals surface area contributed by atoms with Gasteiger partial charge in [0, 0.05) is 18.7 Å². The molecule has 0 aromatic heterocycles. The first-order valence-corrected chi connectivity index (χ1v) is 8.51. The normalized spacial score (nSPS) is 17.6. The van der Waals surface area contributed by atoms with E-state index in [0.717, 1.165) is 11.6 Å². The van der Waals surface area contributed by atoms with Crippen molar-refractivity contribution >= 4 is 21.8 Å². The number of benzene rings is 1. The summed E-state index contributed by atoms with van der Waals surface area (Å²) in [4.78, 5) is 12.6. The van der Waals surface area contributed by atoms with Crippen LogP contribution in [0.4, 0.5) is 13.2 Å². The predicted molar refractivity (Wildman–Crippen MR) is 77.8 cm³/mol. The van der Waals surface area contributed by atoms with Crippen molar-refractivity contribution in [2.75, 3.05) is 13.1 Å². The smallest absolute Gasteiger partial charge is 0.534 e. The van der Waals surface area contributed by atoms with E-state index in [1.54, 1.807) is 24.3 Å². The monoisotopic (exact) mass is 374 g/mol. The van der Waals surface area contributed by atoms with Crippen molar-refractivity contribution < 1.29 is 35.7 Å². The molecule has 2 heterocycles. The maximum atomic E-state index is 12.7. The van der Waals surface area contributed by atoms with Crippen molar-refractivity contribution in [3.63, 3.8) is 0 Å². The van der Waals surface area contributed by atoms with Crippen molar-refractivity contribution in [2.24, 2.45) is 0 Å². The first-order valence-electron chi connectivity index (χ1n) is 7.10. The van der Waals surface area contributed by atoms with Crippen LogP contribution in [0.25, 0.3) is 5.70 Å². The lowest BCUT2D eigenvalue weighted by atomic mass is 9.93. The average molecular weight is 374 g/mol. The van der Waals surface area contributed by atoms with Gasteiger partial charge in [0.25, 0.3) is 0 Å². The van der Waals surface area contributed by atoms with Gasteiger partial charge in [-0.15, -0.1) is 0 Å². The number of halogens is 3. The van der Waals surface area contributed by atoms with Crippen molar-refractivity contribution in [2.45, 2.75) is 11.9 Å². The van der Waals surface area contributed by atoms with Gasteiger partial charge < -0.3 is 19.0 Å². The molecule has 134 valence electrons. The van der Waals surface area contributed by atoms with Gasteiger partial charge in [0.2, 0.25) is 0 Å². The zero-order valence-corrected chi connectivity index (χ0v) is 13.4. The molecule has 0 fully saturated rings. The van der Waals surface area contributed by atoms with Crippen LogP contribution in [-0.4, -0.2) is 37.9 Å². The molecule has 1 aromatic carbocycles. The molecule has 0 N–H and O–H groups in total. The quantitative estimate of drug-likeness (QED) is 0.574. The number of hydrogen-bond donors (Lipinski definition) is 0. The summed E-state index contributed by atoms with van der Waals surface area (Å²) in [6.45, 7) is 0.181. The third kappa shape index (κ3) is 3.09. The zero-order chi connectivity index (χ0) is 18.4. The fraction of sp³-hybridized carbons (Fsp3) is 0.267. The summed E-state index contributed by atoms with van der Waals surface area (Å²) in [6, 6.07) is 6.75. The minimum atomic E-state index is -5.94. The molecule has 10 heteroatoms. The standard InChI is InChI=1S/C15H12F3NO5S/c16-15(17,18)25(22,23)24-12-7-10(14(20)21)8-19-6-5-9-3-1-2-4-11(9)13(12)19/h1-4,7H,5-6,8H2,(H,20,21)/p-1. The van der Waals surface area contributed by atoms with E-state index in [4.69, 9.17) is 0 Å². The Morgan fingerprint density at radius 2 is 1.92 bits per heavy atom. The van der Waals surface area contributed by atoms with Gasteiger partial charge in [0.15, 0.2) is 5.76 Å². The molecule has 0 saturated heterocycles. The van der Waals surface area contributed by atoms with Crippen LogP contribution in [0.3, 0.4) is 0 Å². The Hall–Kier alpha value is -2.49. The molecule has 25 heavy (non-hydrogen) atoms. The lowest BCUT2D eigenvalue weighted by Gasteiger charge is -2.37. The molecule has 0 spiro atoms. The summed E-state index contributed by atoms with van der Waals surface area (Å²) in [5.41, 5.74) is -4.60. The number of alkyl halides is 3. The van der Waals surface area contributed by atoms with Gasteiger partial charge >= 0.3 is 15.6 Å². The third-order valence-corrected chi connectivity index (χ3v) is 4.85. The largest absolute Gasteiger partial charge is 0.545 e. The van der Waals surface area contributed by atoms with Crippen LogP contribution in [0, 0.1) is 0 Å². The van der Waals surface area contributed by atoms with Crippen LogP contribution in [0.1, 0.15) is 11.1 Å². The Morgan fingerprint density at radius 1 is 1.24 bits per heavy atom. The number of rotatable bonds is 3. The van der Waals surface area contributed by atoms with Crippen LogP contribution >= 0.6 is 0 Å². The molecular weight excluding hydrogens is 363 g/mol. The van der Waals surface area contributed by atoms with Gasteiger partial charge in [-0.2, -0.15) is 21.6 Å². The first-order chi connectivity index (χ1) is 11.6. The van der Waals surface area contributed by atoms with Crippen LogP contribution in [0.2, 0.25) is 0 Å². The molecule has 6 nitrogen and oxygen atoms in total. The lowest BCUT2D eigenvalue weighted by Crippen LogP contribution is -2.39. The van der Waals surface area contributed by atoms with E-state index in [2.05, 4.69) is 4.18 Å². The van der Waals surface area contributed by atoms with E-state index in [0.29, 0.717) is 18.5 Å². The Balaban J connectivity index is 2.19. The van der Waals surface area contributed by atoms with Crippen molar-refractivity contribution in [1.82, 2.24) is 4.90 Å². The number of carbonyl (C=O) groups excluding carboxylic acids is 1. The molecule has 2 aliphatic heterocycles. The Labute approximate surface area is 140 Å². The third-order valence-electron chi connectivity index (χ3n) is 3.88. The van der Waals surface area contributed by atoms with Gasteiger partial charge in [-0.1, -0.05) is 24.3 Å². The summed E-state index contributed by atoms with van der Waals surface area (Å²) in [5, 5.41) is 11.1. The minimum Gasteiger partial charge on any atom is -0.545 e. The highest BCUT2D eigenvalue weighted by Crippen LogP contribution is 2.38. The number of fused-ring (bicyclic) bond motifs is 3. The molecule has 1 aromatic rings. The molecule has 0 saturated carbocycles. The topological polar surface area (TPSA) is 86.7 Å². The molecule has 0 atom stereocenters. The van der Waals surface area contributed by atoms with Crippen LogP contribution in [-0.2, 0) is 25.5 Å². The lowest BCUT2D eigenvalue weighted by molar-refractivity contribution is -0.299. The summed E-state index contributed by atoms with van der Waals surface area (Å²) < 4.78 is 65.0. The molecular formula is C15H11F3NO5S-. The van der Waals surface area contributed by atoms with Crippen LogP contribution < -0.4 is 5.11 Å². The fourth-order valence-electron chi connectivity index (χ4n) is 2.78. The van der Waals surface area contributed by atoms with Crippen LogP contribution in [0.15, 0.2) is 41.7 Å². The SMILES string of the molecule is O=C([O-])C1=CC(OS(=O)(=O)C(F)(F)F)=C2c3ccccc3CCN2C1. The van der Waals surface area contributed by atoms with Crippen molar-refractivity contribution in [3.05, 3.63) is 52.8 Å². The number of carboxylic acids is 1. The Morgan fingerprint density at radius 3 is 2.56 bits per heavy atom. The second kappa shape index (κ2) is 5.80. The summed E-state index contributed by atoms with van der Waals surface area (Å²) in [5.74, 6) is -2.29. The van der Waals surface area contributed by atoms with E-state index in [1.165, 1.54) is 4.90 Å². The molecule has 0 unspecified atom stereocenters. The van der Waals surface area contributed by atoms with Gasteiger partial charge in [-0.05, 0) is 23.6 Å². The summed E-state index contributed by atoms with van der Waals surface area (Å²) in [7, 11) is -5.94. The van der Waals surface area contributed by atoms with E-state index < -0.39 is 27.4 Å². The number of aliphatic carboxylic acids is 1. The van der Waals surface area contributed by atoms with E-state index in [9.17, 15) is 31.5 Å². The van der Waals surface area contributed by atoms with Gasteiger partial charge in [0.05, 0.1) is 11.7 Å². The molecule has 2 aliphatic rings. The zero-order valence-electron chi connectivity index (χ0n) is 12.5. The number of hydrogen-bond acceptors (Lipinski definition) is 6. The molecule has 0 aliphatic carbocycles. The minimum absolute atomic E-state index is 0.111. The highest BCUT2D eigenvalue weighted by Gasteiger charge is 2.49. The van der Waals surface area contributed by atoms with E-state index in [-0.39, 0.29) is 17.8 Å². The number of carbonyl (C=O) groups is 1. The van der Waals surface area contributed by atoms with Gasteiger partial charge in [-0.3, -0.25) is 0 Å². The molecule has 0 amide bonds. The summed E-state index contributed by atoms with van der Waals surface area (Å²) in [6.07, 6.45) is 1.30. The second-order valence-electron chi connectivity index (χ2n) is 5.48. The first kappa shape index (κ1) is 17.3. The maximum absolute atomic E-state index is 12.7. The van der Waals surface area contributed by atoms with E-state index >= 15 is 0 Å². The molecule has 0 radical (unpaired) electrons. The Kier molecular flexibility index (Phi) is 4.02. The highest BCUT2D eigenvalue weighted by atomic mass is 32.2. The van der Waals surface area contributed by atoms with Crippen molar-refractivity contribution in [3.8, 4) is 0 Å². The molecule has 0 bridgehead atoms. The second-order valence-corrected chi connectivity index (χ2v) is 7.02. The van der Waals surface area contributed by atoms with Crippen molar-refractivity contribution in [1.29, 1.82) is 0 Å². The van der Waals surface area contributed by atoms with Gasteiger partial charge in [-0.25, -0.2) is 0 Å². The fourth-order valence-corrected chi connectivity index (χ4v) is 3.24. The predicted octanol–water partition coefficient (Wildman–Crippen LogP) is 0.769. The number of allylic oxidation sites excluding steroid dienone is 1. The van der Waals surface area contributed by atoms with Crippen LogP contribution in [0.5, 0.6) is 0 Å². The Bertz CT molecular complexity index is 902. The van der Waals surface area contributed by atoms with Gasteiger partial charge in [0.1, 0.15) is 0 Å². The molecule has 3 rings (SSSR count). The highest BCUT2D eigenvalue weighted by molar-refractivity contribution is 7.87. The number of carboxylic acid groups (broad SMARTS) is 1. The summed E-state index contributed by atoms with van der Waals surface area (Å²) >= 11 is 0. The average Bonchev–Trinajstić information content (AvgIpc) is 2.52.